The van der Waals surface area contributed by atoms with Crippen LogP contribution in [0.1, 0.15) is 50.5 Å². The molecule has 1 aromatic rings. The van der Waals surface area contributed by atoms with E-state index in [9.17, 15) is 9.59 Å². The Labute approximate surface area is 187 Å². The number of halogens is 1. The highest BCUT2D eigenvalue weighted by molar-refractivity contribution is 7.99. The molecule has 1 N–H and O–H groups in total. The van der Waals surface area contributed by atoms with Gasteiger partial charge in [0.2, 0.25) is 12.3 Å². The molecule has 2 amide bonds. The number of likely N-dealkylation sites (tertiary alicyclic amines) is 1. The molecule has 7 heteroatoms. The van der Waals surface area contributed by atoms with E-state index in [1.807, 2.05) is 30.3 Å². The van der Waals surface area contributed by atoms with Crippen LogP contribution in [-0.2, 0) is 15.0 Å². The summed E-state index contributed by atoms with van der Waals surface area (Å²) in [6, 6.07) is 9.88. The number of hydrogen-bond acceptors (Lipinski definition) is 4. The van der Waals surface area contributed by atoms with Crippen LogP contribution in [0.3, 0.4) is 0 Å². The Morgan fingerprint density at radius 1 is 1.23 bits per heavy atom. The van der Waals surface area contributed by atoms with Crippen molar-refractivity contribution < 1.29 is 9.59 Å². The molecule has 4 fully saturated rings. The molecular formula is C23H28ClN3O2S. The maximum atomic E-state index is 13.0. The molecule has 4 aliphatic rings. The number of carbonyl (C=O) groups is 2. The minimum absolute atomic E-state index is 0.235. The molecule has 3 aliphatic carbocycles. The molecule has 1 aromatic carbocycles. The van der Waals surface area contributed by atoms with Crippen LogP contribution in [0.4, 0.5) is 0 Å². The van der Waals surface area contributed by atoms with E-state index < -0.39 is 5.54 Å². The standard InChI is InChI=1S/C18H22ClNOS.C5H6N2O/c19-15-5-3-14(4-6-15)18(8-9-18)17(21)20-10-7-16(11-20)22-12-13-1-2-13;6-3-5(1-2-5)7-4-8/h3-6,13,16H,1-2,7-12H2;4H,1-2H2,(H,7,8). The molecule has 1 saturated heterocycles. The SMILES string of the molecule is N#CC1(NC=O)CC1.O=C(N1CCC(SCC2CC2)C1)C1(c2ccc(Cl)cc2)CC1. The largest absolute Gasteiger partial charge is 0.341 e. The van der Waals surface area contributed by atoms with Crippen LogP contribution >= 0.6 is 23.4 Å². The van der Waals surface area contributed by atoms with Crippen molar-refractivity contribution in [3.05, 3.63) is 34.9 Å². The highest BCUT2D eigenvalue weighted by Gasteiger charge is 2.53. The van der Waals surface area contributed by atoms with Crippen molar-refractivity contribution in [1.29, 1.82) is 5.26 Å². The summed E-state index contributed by atoms with van der Waals surface area (Å²) < 4.78 is 0. The molecule has 5 rings (SSSR count). The maximum Gasteiger partial charge on any atom is 0.233 e. The van der Waals surface area contributed by atoms with E-state index in [-0.39, 0.29) is 5.41 Å². The predicted molar refractivity (Wildman–Crippen MR) is 119 cm³/mol. The van der Waals surface area contributed by atoms with Crippen molar-refractivity contribution >= 4 is 35.7 Å². The monoisotopic (exact) mass is 445 g/mol. The van der Waals surface area contributed by atoms with Crippen molar-refractivity contribution in [3.8, 4) is 6.07 Å². The van der Waals surface area contributed by atoms with Gasteiger partial charge in [0.05, 0.1) is 11.5 Å². The summed E-state index contributed by atoms with van der Waals surface area (Å²) in [5, 5.41) is 12.2. The second-order valence-electron chi connectivity index (χ2n) is 8.98. The van der Waals surface area contributed by atoms with E-state index in [1.54, 1.807) is 0 Å². The molecule has 3 saturated carbocycles. The van der Waals surface area contributed by atoms with Crippen LogP contribution in [0, 0.1) is 17.2 Å². The van der Waals surface area contributed by atoms with Gasteiger partial charge in [-0.25, -0.2) is 0 Å². The Kier molecular flexibility index (Phi) is 6.31. The van der Waals surface area contributed by atoms with Crippen LogP contribution in [0.15, 0.2) is 24.3 Å². The van der Waals surface area contributed by atoms with Crippen molar-refractivity contribution in [2.75, 3.05) is 18.8 Å². The lowest BCUT2D eigenvalue weighted by atomic mass is 9.94. The third-order valence-electron chi connectivity index (χ3n) is 6.55. The third-order valence-corrected chi connectivity index (χ3v) is 8.32. The first kappa shape index (κ1) is 21.5. The van der Waals surface area contributed by atoms with Crippen LogP contribution in [0.25, 0.3) is 0 Å². The summed E-state index contributed by atoms with van der Waals surface area (Å²) in [6.45, 7) is 1.89. The van der Waals surface area contributed by atoms with Crippen molar-refractivity contribution in [2.24, 2.45) is 5.92 Å². The molecule has 5 nitrogen and oxygen atoms in total. The molecule has 1 unspecified atom stereocenters. The van der Waals surface area contributed by atoms with Gasteiger partial charge in [-0.15, -0.1) is 0 Å². The van der Waals surface area contributed by atoms with Crippen molar-refractivity contribution in [2.45, 2.75) is 61.1 Å². The lowest BCUT2D eigenvalue weighted by molar-refractivity contribution is -0.132. The highest BCUT2D eigenvalue weighted by Crippen LogP contribution is 2.50. The van der Waals surface area contributed by atoms with Crippen molar-refractivity contribution in [3.63, 3.8) is 0 Å². The van der Waals surface area contributed by atoms with Gasteiger partial charge in [-0.1, -0.05) is 23.7 Å². The number of nitrogens with zero attached hydrogens (tertiary/aromatic N) is 2. The fourth-order valence-corrected chi connectivity index (χ4v) is 5.52. The van der Waals surface area contributed by atoms with Gasteiger partial charge in [0.15, 0.2) is 0 Å². The summed E-state index contributed by atoms with van der Waals surface area (Å²) in [6.07, 6.45) is 8.18. The van der Waals surface area contributed by atoms with E-state index >= 15 is 0 Å². The molecule has 1 aliphatic heterocycles. The van der Waals surface area contributed by atoms with Crippen LogP contribution in [0.2, 0.25) is 5.02 Å². The molecule has 1 heterocycles. The number of hydrogen-bond donors (Lipinski definition) is 1. The molecule has 30 heavy (non-hydrogen) atoms. The van der Waals surface area contributed by atoms with E-state index in [4.69, 9.17) is 16.9 Å². The average Bonchev–Trinajstić information content (AvgIpc) is 3.64. The topological polar surface area (TPSA) is 73.2 Å². The first-order chi connectivity index (χ1) is 14.5. The Hall–Kier alpha value is -1.71. The maximum absolute atomic E-state index is 13.0. The second kappa shape index (κ2) is 8.80. The lowest BCUT2D eigenvalue weighted by Crippen LogP contribution is -2.38. The molecule has 160 valence electrons. The normalized spacial score (nSPS) is 24.8. The van der Waals surface area contributed by atoms with Gasteiger partial charge < -0.3 is 10.2 Å². The number of rotatable bonds is 7. The molecular weight excluding hydrogens is 418 g/mol. The second-order valence-corrected chi connectivity index (χ2v) is 10.8. The molecule has 0 bridgehead atoms. The number of nitriles is 1. The van der Waals surface area contributed by atoms with Gasteiger partial charge >= 0.3 is 0 Å². The lowest BCUT2D eigenvalue weighted by Gasteiger charge is -2.23. The van der Waals surface area contributed by atoms with Crippen LogP contribution in [0.5, 0.6) is 0 Å². The summed E-state index contributed by atoms with van der Waals surface area (Å²) in [5.74, 6) is 2.62. The fourth-order valence-electron chi connectivity index (χ4n) is 3.95. The zero-order chi connectivity index (χ0) is 21.2. The first-order valence-electron chi connectivity index (χ1n) is 10.8. The summed E-state index contributed by atoms with van der Waals surface area (Å²) in [5.41, 5.74) is 0.443. The highest BCUT2D eigenvalue weighted by atomic mass is 35.5. The first-order valence-corrected chi connectivity index (χ1v) is 12.2. The average molecular weight is 446 g/mol. The summed E-state index contributed by atoms with van der Waals surface area (Å²) in [7, 11) is 0. The van der Waals surface area contributed by atoms with Gasteiger partial charge in [0, 0.05) is 23.4 Å². The Bertz CT molecular complexity index is 826. The van der Waals surface area contributed by atoms with Crippen LogP contribution in [-0.4, -0.2) is 46.8 Å². The molecule has 0 radical (unpaired) electrons. The van der Waals surface area contributed by atoms with E-state index in [0.717, 1.165) is 55.3 Å². The minimum atomic E-state index is -0.470. The number of thioether (sulfide) groups is 1. The number of benzene rings is 1. The Balaban J connectivity index is 0.000000230. The smallest absolute Gasteiger partial charge is 0.233 e. The number of amides is 2. The van der Waals surface area contributed by atoms with E-state index in [2.05, 4.69) is 22.0 Å². The van der Waals surface area contributed by atoms with Gasteiger partial charge in [-0.2, -0.15) is 17.0 Å². The fraction of sp³-hybridized carbons (Fsp3) is 0.609. The van der Waals surface area contributed by atoms with Crippen molar-refractivity contribution in [1.82, 2.24) is 10.2 Å². The van der Waals surface area contributed by atoms with Gasteiger partial charge in [0.1, 0.15) is 5.54 Å². The predicted octanol–water partition coefficient (Wildman–Crippen LogP) is 3.90. The third kappa shape index (κ3) is 4.95. The van der Waals surface area contributed by atoms with E-state index in [0.29, 0.717) is 17.6 Å². The minimum Gasteiger partial charge on any atom is -0.341 e. The van der Waals surface area contributed by atoms with E-state index in [1.165, 1.54) is 25.0 Å². The number of carbonyl (C=O) groups excluding carboxylic acids is 2. The van der Waals surface area contributed by atoms with Gasteiger partial charge in [-0.05, 0) is 74.3 Å². The molecule has 1 atom stereocenters. The van der Waals surface area contributed by atoms with Gasteiger partial charge in [-0.3, -0.25) is 9.59 Å². The molecule has 0 spiro atoms. The quantitative estimate of drug-likeness (QED) is 0.646. The Morgan fingerprint density at radius 3 is 2.43 bits per heavy atom. The summed E-state index contributed by atoms with van der Waals surface area (Å²) in [4.78, 5) is 24.9. The molecule has 0 aromatic heterocycles. The Morgan fingerprint density at radius 2 is 1.93 bits per heavy atom. The zero-order valence-corrected chi connectivity index (χ0v) is 18.7. The van der Waals surface area contributed by atoms with Gasteiger partial charge in [0.25, 0.3) is 0 Å². The number of nitrogens with one attached hydrogen (secondary N) is 1. The zero-order valence-electron chi connectivity index (χ0n) is 17.1. The van der Waals surface area contributed by atoms with Crippen LogP contribution < -0.4 is 5.32 Å². The summed E-state index contributed by atoms with van der Waals surface area (Å²) >= 11 is 8.07.